The van der Waals surface area contributed by atoms with Crippen LogP contribution in [0.5, 0.6) is 0 Å². The highest BCUT2D eigenvalue weighted by atomic mass is 19.4. The number of benzene rings is 1. The summed E-state index contributed by atoms with van der Waals surface area (Å²) in [6, 6.07) is 4.62. The lowest BCUT2D eigenvalue weighted by atomic mass is 9.98. The summed E-state index contributed by atoms with van der Waals surface area (Å²) in [4.78, 5) is 30.2. The maximum absolute atomic E-state index is 12.8. The number of halogens is 3. The van der Waals surface area contributed by atoms with Crippen LogP contribution in [-0.2, 0) is 10.9 Å². The van der Waals surface area contributed by atoms with Crippen molar-refractivity contribution >= 4 is 17.6 Å². The van der Waals surface area contributed by atoms with Gasteiger partial charge < -0.3 is 31.3 Å². The third-order valence-electron chi connectivity index (χ3n) is 4.79. The largest absolute Gasteiger partial charge is 0.434 e. The minimum absolute atomic E-state index is 0.148. The highest BCUT2D eigenvalue weighted by Gasteiger charge is 2.39. The Hall–Kier alpha value is -3.29. The molecule has 0 bridgehead atoms. The lowest BCUT2D eigenvalue weighted by Gasteiger charge is -2.38. The summed E-state index contributed by atoms with van der Waals surface area (Å²) in [6.07, 6.45) is -6.91. The van der Waals surface area contributed by atoms with E-state index in [2.05, 4.69) is 20.6 Å². The van der Waals surface area contributed by atoms with Crippen molar-refractivity contribution in [2.24, 2.45) is 5.73 Å². The molecule has 0 unspecified atom stereocenters. The minimum Gasteiger partial charge on any atom is -0.388 e. The Kier molecular flexibility index (Phi) is 6.91. The fourth-order valence-corrected chi connectivity index (χ4v) is 3.03. The molecule has 32 heavy (non-hydrogen) atoms. The summed E-state index contributed by atoms with van der Waals surface area (Å²) in [6.45, 7) is -0.325. The van der Waals surface area contributed by atoms with Crippen LogP contribution in [0.4, 0.5) is 19.0 Å². The van der Waals surface area contributed by atoms with E-state index in [9.17, 15) is 33.0 Å². The zero-order chi connectivity index (χ0) is 23.5. The fourth-order valence-electron chi connectivity index (χ4n) is 3.03. The lowest BCUT2D eigenvalue weighted by Crippen LogP contribution is -2.58. The van der Waals surface area contributed by atoms with E-state index in [-0.39, 0.29) is 30.1 Å². The first-order valence-electron chi connectivity index (χ1n) is 9.38. The van der Waals surface area contributed by atoms with Gasteiger partial charge in [-0.3, -0.25) is 14.6 Å². The number of primary amides is 1. The molecule has 1 aliphatic rings. The molecular formula is C19H20F3N5O5. The van der Waals surface area contributed by atoms with Crippen molar-refractivity contribution in [3.05, 3.63) is 53.5 Å². The summed E-state index contributed by atoms with van der Waals surface area (Å²) in [5, 5.41) is 25.8. The number of alkyl halides is 3. The van der Waals surface area contributed by atoms with Gasteiger partial charge in [-0.05, 0) is 24.3 Å². The van der Waals surface area contributed by atoms with Crippen LogP contribution in [0.3, 0.4) is 0 Å². The van der Waals surface area contributed by atoms with Gasteiger partial charge in [0.25, 0.3) is 5.91 Å². The number of hydrogen-bond donors (Lipinski definition) is 5. The second-order valence-electron chi connectivity index (χ2n) is 7.04. The van der Waals surface area contributed by atoms with Crippen LogP contribution in [0, 0.1) is 0 Å². The lowest BCUT2D eigenvalue weighted by molar-refractivity contribution is -0.141. The van der Waals surface area contributed by atoms with E-state index in [0.717, 1.165) is 6.20 Å². The number of carbonyl (C=O) groups is 2. The number of nitrogens with two attached hydrogens (primary N) is 1. The van der Waals surface area contributed by atoms with E-state index in [0.29, 0.717) is 6.20 Å². The Balaban J connectivity index is 1.55. The monoisotopic (exact) mass is 455 g/mol. The standard InChI is InChI=1S/C19H20F3N5O5/c20-19(21,22)13-6-24-7-14(27-13)26-11-8-32-12(16(29)15(11)28)5-25-18(31)10-3-1-9(2-4-10)17(23)30/h1-4,6-7,11-12,15-16,28-29H,5,8H2,(H2,23,30)(H,25,31)(H,26,27)/t11-,12+,15+,16-/m0/s1. The number of aliphatic hydroxyl groups is 2. The van der Waals surface area contributed by atoms with Crippen molar-refractivity contribution in [1.29, 1.82) is 0 Å². The molecule has 3 rings (SSSR count). The molecule has 0 aliphatic carbocycles. The Bertz CT molecular complexity index is 973. The Morgan fingerprint density at radius 2 is 1.78 bits per heavy atom. The number of nitrogens with one attached hydrogen (secondary N) is 2. The molecule has 4 atom stereocenters. The van der Waals surface area contributed by atoms with Crippen LogP contribution in [0.15, 0.2) is 36.7 Å². The molecular weight excluding hydrogens is 435 g/mol. The van der Waals surface area contributed by atoms with E-state index in [1.165, 1.54) is 24.3 Å². The van der Waals surface area contributed by atoms with Gasteiger partial charge in [0.05, 0.1) is 25.0 Å². The van der Waals surface area contributed by atoms with Gasteiger partial charge in [-0.25, -0.2) is 4.98 Å². The first-order valence-corrected chi connectivity index (χ1v) is 9.38. The van der Waals surface area contributed by atoms with E-state index in [1.807, 2.05) is 0 Å². The van der Waals surface area contributed by atoms with Crippen molar-refractivity contribution in [2.75, 3.05) is 18.5 Å². The molecule has 0 radical (unpaired) electrons. The summed E-state index contributed by atoms with van der Waals surface area (Å²) in [5.41, 5.74) is 4.41. The van der Waals surface area contributed by atoms with Gasteiger partial charge in [-0.1, -0.05) is 0 Å². The summed E-state index contributed by atoms with van der Waals surface area (Å²) in [5.74, 6) is -1.39. The third kappa shape index (κ3) is 5.49. The van der Waals surface area contributed by atoms with Gasteiger partial charge >= 0.3 is 6.18 Å². The van der Waals surface area contributed by atoms with Gasteiger partial charge in [-0.2, -0.15) is 13.2 Å². The van der Waals surface area contributed by atoms with Crippen molar-refractivity contribution in [3.8, 4) is 0 Å². The van der Waals surface area contributed by atoms with Crippen molar-refractivity contribution in [3.63, 3.8) is 0 Å². The number of anilines is 1. The average molecular weight is 455 g/mol. The van der Waals surface area contributed by atoms with E-state index >= 15 is 0 Å². The van der Waals surface area contributed by atoms with Crippen LogP contribution in [0.1, 0.15) is 26.4 Å². The maximum Gasteiger partial charge on any atom is 0.434 e. The number of aromatic nitrogens is 2. The van der Waals surface area contributed by atoms with E-state index in [4.69, 9.17) is 10.5 Å². The molecule has 2 aromatic rings. The molecule has 172 valence electrons. The van der Waals surface area contributed by atoms with Crippen LogP contribution < -0.4 is 16.4 Å². The molecule has 1 saturated heterocycles. The van der Waals surface area contributed by atoms with E-state index in [1.54, 1.807) is 0 Å². The number of ether oxygens (including phenoxy) is 1. The van der Waals surface area contributed by atoms with Crippen LogP contribution in [0.2, 0.25) is 0 Å². The second-order valence-corrected chi connectivity index (χ2v) is 7.04. The van der Waals surface area contributed by atoms with E-state index < -0.39 is 48.0 Å². The minimum atomic E-state index is -4.69. The summed E-state index contributed by atoms with van der Waals surface area (Å²) >= 11 is 0. The zero-order valence-corrected chi connectivity index (χ0v) is 16.4. The van der Waals surface area contributed by atoms with Gasteiger partial charge in [0.2, 0.25) is 5.91 Å². The van der Waals surface area contributed by atoms with Crippen LogP contribution >= 0.6 is 0 Å². The highest BCUT2D eigenvalue weighted by molar-refractivity contribution is 5.97. The molecule has 1 aromatic carbocycles. The normalized spacial score (nSPS) is 23.4. The fraction of sp³-hybridized carbons (Fsp3) is 0.368. The van der Waals surface area contributed by atoms with Crippen LogP contribution in [-0.4, -0.2) is 69.5 Å². The first kappa shape index (κ1) is 23.4. The summed E-state index contributed by atoms with van der Waals surface area (Å²) < 4.78 is 43.8. The van der Waals surface area contributed by atoms with Gasteiger partial charge in [0.1, 0.15) is 24.1 Å². The second kappa shape index (κ2) is 9.46. The Labute approximate surface area is 179 Å². The van der Waals surface area contributed by atoms with Gasteiger partial charge in [0, 0.05) is 17.7 Å². The molecule has 10 nitrogen and oxygen atoms in total. The molecule has 1 fully saturated rings. The SMILES string of the molecule is NC(=O)c1ccc(C(=O)NC[C@H]2OC[C@H](Nc3cncc(C(F)(F)F)n3)[C@@H](O)[C@H]2O)cc1. The maximum atomic E-state index is 12.8. The molecule has 0 saturated carbocycles. The summed E-state index contributed by atoms with van der Waals surface area (Å²) in [7, 11) is 0. The third-order valence-corrected chi connectivity index (χ3v) is 4.79. The number of hydrogen-bond acceptors (Lipinski definition) is 8. The topological polar surface area (TPSA) is 160 Å². The molecule has 13 heteroatoms. The highest BCUT2D eigenvalue weighted by Crippen LogP contribution is 2.28. The Morgan fingerprint density at radius 1 is 1.12 bits per heavy atom. The Morgan fingerprint density at radius 3 is 2.41 bits per heavy atom. The zero-order valence-electron chi connectivity index (χ0n) is 16.4. The van der Waals surface area contributed by atoms with Gasteiger partial charge in [0.15, 0.2) is 5.69 Å². The van der Waals surface area contributed by atoms with Crippen molar-refractivity contribution < 1.29 is 37.7 Å². The predicted molar refractivity (Wildman–Crippen MR) is 103 cm³/mol. The smallest absolute Gasteiger partial charge is 0.388 e. The first-order chi connectivity index (χ1) is 15.1. The van der Waals surface area contributed by atoms with Crippen molar-refractivity contribution in [1.82, 2.24) is 15.3 Å². The predicted octanol–water partition coefficient (Wildman–Crippen LogP) is -0.0746. The number of aliphatic hydroxyl groups excluding tert-OH is 2. The quantitative estimate of drug-likeness (QED) is 0.405. The van der Waals surface area contributed by atoms with Crippen molar-refractivity contribution in [2.45, 2.75) is 30.5 Å². The number of nitrogens with zero attached hydrogens (tertiary/aromatic N) is 2. The molecule has 6 N–H and O–H groups in total. The van der Waals surface area contributed by atoms with Crippen LogP contribution in [0.25, 0.3) is 0 Å². The molecule has 2 heterocycles. The molecule has 1 aliphatic heterocycles. The average Bonchev–Trinajstić information content (AvgIpc) is 2.76. The molecule has 0 spiro atoms. The number of carbonyl (C=O) groups excluding carboxylic acids is 2. The number of amides is 2. The molecule has 1 aromatic heterocycles. The molecule has 2 amide bonds. The van der Waals surface area contributed by atoms with Gasteiger partial charge in [-0.15, -0.1) is 0 Å². The number of rotatable bonds is 6.